The fraction of sp³-hybridized carbons (Fsp3) is 0.385. The summed E-state index contributed by atoms with van der Waals surface area (Å²) in [6.07, 6.45) is 0.200. The molecule has 1 aromatic rings. The molecule has 0 bridgehead atoms. The molecule has 2 rings (SSSR count). The smallest absolute Gasteiger partial charge is 0.307 e. The maximum absolute atomic E-state index is 11.7. The van der Waals surface area contributed by atoms with Crippen LogP contribution < -0.4 is 14.8 Å². The van der Waals surface area contributed by atoms with Crippen LogP contribution in [0.15, 0.2) is 12.1 Å². The zero-order valence-corrected chi connectivity index (χ0v) is 10.7. The molecule has 0 aliphatic carbocycles. The maximum atomic E-state index is 11.7. The van der Waals surface area contributed by atoms with E-state index in [-0.39, 0.29) is 18.7 Å². The summed E-state index contributed by atoms with van der Waals surface area (Å²) in [6, 6.07) is 3.34. The molecule has 1 amide bonds. The molecule has 1 heterocycles. The van der Waals surface area contributed by atoms with E-state index in [1.54, 1.807) is 12.1 Å². The number of hydrogen-bond acceptors (Lipinski definition) is 4. The molecule has 1 aliphatic heterocycles. The van der Waals surface area contributed by atoms with E-state index >= 15 is 0 Å². The molecule has 1 aliphatic rings. The van der Waals surface area contributed by atoms with E-state index in [2.05, 4.69) is 5.32 Å². The van der Waals surface area contributed by atoms with Crippen LogP contribution >= 0.6 is 0 Å². The summed E-state index contributed by atoms with van der Waals surface area (Å²) in [4.78, 5) is 22.8. The van der Waals surface area contributed by atoms with Gasteiger partial charge in [-0.15, -0.1) is 0 Å². The van der Waals surface area contributed by atoms with Crippen molar-refractivity contribution in [2.24, 2.45) is 5.92 Å². The molecule has 1 unspecified atom stereocenters. The number of benzene rings is 1. The molecule has 0 spiro atoms. The predicted octanol–water partition coefficient (Wildman–Crippen LogP) is 1.29. The average molecular weight is 265 g/mol. The second-order valence-corrected chi connectivity index (χ2v) is 4.35. The van der Waals surface area contributed by atoms with Crippen LogP contribution in [0.3, 0.4) is 0 Å². The van der Waals surface area contributed by atoms with Crippen LogP contribution in [-0.2, 0) is 16.0 Å². The topological polar surface area (TPSA) is 84.9 Å². The van der Waals surface area contributed by atoms with Gasteiger partial charge in [-0.3, -0.25) is 9.59 Å². The second-order valence-electron chi connectivity index (χ2n) is 4.35. The number of ether oxygens (including phenoxy) is 2. The van der Waals surface area contributed by atoms with E-state index in [0.29, 0.717) is 22.7 Å². The molecule has 102 valence electrons. The van der Waals surface area contributed by atoms with Crippen LogP contribution in [0.25, 0.3) is 0 Å². The van der Waals surface area contributed by atoms with Gasteiger partial charge in [0.15, 0.2) is 0 Å². The van der Waals surface area contributed by atoms with Gasteiger partial charge < -0.3 is 19.9 Å². The van der Waals surface area contributed by atoms with Crippen LogP contribution in [-0.4, -0.2) is 31.2 Å². The number of fused-ring (bicyclic) bond motifs is 1. The van der Waals surface area contributed by atoms with Gasteiger partial charge in [0.2, 0.25) is 5.91 Å². The van der Waals surface area contributed by atoms with Gasteiger partial charge in [-0.2, -0.15) is 0 Å². The Morgan fingerprint density at radius 1 is 1.32 bits per heavy atom. The maximum Gasteiger partial charge on any atom is 0.307 e. The first-order chi connectivity index (χ1) is 9.05. The molecule has 0 saturated heterocycles. The summed E-state index contributed by atoms with van der Waals surface area (Å²) in [7, 11) is 3.01. The number of aliphatic carboxylic acids is 1. The molecule has 2 N–H and O–H groups in total. The first-order valence-corrected chi connectivity index (χ1v) is 5.82. The molecule has 6 nitrogen and oxygen atoms in total. The van der Waals surface area contributed by atoms with Crippen LogP contribution in [0.5, 0.6) is 11.5 Å². The number of amides is 1. The van der Waals surface area contributed by atoms with E-state index in [1.807, 2.05) is 0 Å². The summed E-state index contributed by atoms with van der Waals surface area (Å²) < 4.78 is 10.4. The van der Waals surface area contributed by atoms with Crippen molar-refractivity contribution in [2.75, 3.05) is 19.5 Å². The highest BCUT2D eigenvalue weighted by molar-refractivity contribution is 5.96. The number of carboxylic acid groups (broad SMARTS) is 1. The van der Waals surface area contributed by atoms with Crippen LogP contribution in [0, 0.1) is 5.92 Å². The second kappa shape index (κ2) is 5.17. The lowest BCUT2D eigenvalue weighted by Crippen LogP contribution is -2.20. The van der Waals surface area contributed by atoms with Crippen molar-refractivity contribution < 1.29 is 24.2 Å². The Labute approximate surface area is 110 Å². The molecule has 1 aromatic carbocycles. The Balaban J connectivity index is 2.50. The van der Waals surface area contributed by atoms with Crippen molar-refractivity contribution in [1.29, 1.82) is 0 Å². The lowest BCUT2D eigenvalue weighted by Gasteiger charge is -2.14. The van der Waals surface area contributed by atoms with Gasteiger partial charge in [0, 0.05) is 24.1 Å². The van der Waals surface area contributed by atoms with Gasteiger partial charge in [-0.25, -0.2) is 0 Å². The van der Waals surface area contributed by atoms with Crippen molar-refractivity contribution >= 4 is 17.6 Å². The Hall–Kier alpha value is -2.24. The van der Waals surface area contributed by atoms with Gasteiger partial charge in [0.25, 0.3) is 0 Å². The highest BCUT2D eigenvalue weighted by Crippen LogP contribution is 2.36. The van der Waals surface area contributed by atoms with E-state index in [4.69, 9.17) is 14.6 Å². The number of hydrogen-bond donors (Lipinski definition) is 2. The number of rotatable bonds is 3. The average Bonchev–Trinajstić information content (AvgIpc) is 2.55. The van der Waals surface area contributed by atoms with E-state index in [1.165, 1.54) is 14.2 Å². The third-order valence-corrected chi connectivity index (χ3v) is 3.14. The monoisotopic (exact) mass is 265 g/mol. The normalized spacial score (nSPS) is 18.0. The SMILES string of the molecule is COc1cc2c(c(OC)c1)CC(C(=O)O)CC(=O)N2. The van der Waals surface area contributed by atoms with Crippen molar-refractivity contribution in [2.45, 2.75) is 12.8 Å². The number of carboxylic acids is 1. The molecule has 0 aromatic heterocycles. The molecule has 1 atom stereocenters. The van der Waals surface area contributed by atoms with Crippen molar-refractivity contribution in [3.63, 3.8) is 0 Å². The Morgan fingerprint density at radius 3 is 2.63 bits per heavy atom. The fourth-order valence-electron chi connectivity index (χ4n) is 2.16. The van der Waals surface area contributed by atoms with Gasteiger partial charge in [0.05, 0.1) is 25.8 Å². The van der Waals surface area contributed by atoms with E-state index in [0.717, 1.165) is 0 Å². The van der Waals surface area contributed by atoms with Gasteiger partial charge >= 0.3 is 5.97 Å². The fourth-order valence-corrected chi connectivity index (χ4v) is 2.16. The lowest BCUT2D eigenvalue weighted by atomic mass is 9.96. The van der Waals surface area contributed by atoms with Crippen LogP contribution in [0.4, 0.5) is 5.69 Å². The first-order valence-electron chi connectivity index (χ1n) is 5.82. The summed E-state index contributed by atoms with van der Waals surface area (Å²) in [6.45, 7) is 0. The lowest BCUT2D eigenvalue weighted by molar-refractivity contribution is -0.143. The summed E-state index contributed by atoms with van der Waals surface area (Å²) >= 11 is 0. The highest BCUT2D eigenvalue weighted by atomic mass is 16.5. The molecule has 6 heteroatoms. The molecule has 0 fully saturated rings. The zero-order chi connectivity index (χ0) is 14.0. The molecule has 19 heavy (non-hydrogen) atoms. The van der Waals surface area contributed by atoms with Crippen molar-refractivity contribution in [3.8, 4) is 11.5 Å². The summed E-state index contributed by atoms with van der Waals surface area (Å²) in [5.74, 6) is -0.988. The Morgan fingerprint density at radius 2 is 2.05 bits per heavy atom. The molecule has 0 radical (unpaired) electrons. The van der Waals surface area contributed by atoms with Gasteiger partial charge in [0.1, 0.15) is 11.5 Å². The van der Waals surface area contributed by atoms with E-state index < -0.39 is 11.9 Å². The number of anilines is 1. The predicted molar refractivity (Wildman–Crippen MR) is 67.6 cm³/mol. The van der Waals surface area contributed by atoms with Crippen molar-refractivity contribution in [1.82, 2.24) is 0 Å². The standard InChI is InChI=1S/C13H15NO5/c1-18-8-5-10-9(11(6-8)19-2)3-7(13(16)17)4-12(15)14-10/h5-7H,3-4H2,1-2H3,(H,14,15)(H,16,17). The highest BCUT2D eigenvalue weighted by Gasteiger charge is 2.29. The number of methoxy groups -OCH3 is 2. The van der Waals surface area contributed by atoms with Gasteiger partial charge in [-0.05, 0) is 6.42 Å². The largest absolute Gasteiger partial charge is 0.497 e. The third-order valence-electron chi connectivity index (χ3n) is 3.14. The third kappa shape index (κ3) is 2.62. The molecule has 0 saturated carbocycles. The first kappa shape index (κ1) is 13.2. The Kier molecular flexibility index (Phi) is 3.59. The zero-order valence-electron chi connectivity index (χ0n) is 10.7. The minimum absolute atomic E-state index is 0.0461. The number of carbonyl (C=O) groups is 2. The summed E-state index contributed by atoms with van der Waals surface area (Å²) in [5.41, 5.74) is 1.23. The van der Waals surface area contributed by atoms with Crippen LogP contribution in [0.2, 0.25) is 0 Å². The van der Waals surface area contributed by atoms with Crippen LogP contribution in [0.1, 0.15) is 12.0 Å². The quantitative estimate of drug-likeness (QED) is 0.860. The minimum atomic E-state index is -0.985. The number of carbonyl (C=O) groups excluding carboxylic acids is 1. The summed E-state index contributed by atoms with van der Waals surface area (Å²) in [5, 5.41) is 11.8. The van der Waals surface area contributed by atoms with Crippen molar-refractivity contribution in [3.05, 3.63) is 17.7 Å². The van der Waals surface area contributed by atoms with Gasteiger partial charge in [-0.1, -0.05) is 0 Å². The Bertz CT molecular complexity index is 526. The molecular weight excluding hydrogens is 250 g/mol. The number of nitrogens with one attached hydrogen (secondary N) is 1. The van der Waals surface area contributed by atoms with E-state index in [9.17, 15) is 9.59 Å². The minimum Gasteiger partial charge on any atom is -0.497 e. The molecular formula is C13H15NO5.